The first kappa shape index (κ1) is 15.1. The van der Waals surface area contributed by atoms with Crippen molar-refractivity contribution in [2.75, 3.05) is 23.3 Å². The molecule has 2 heterocycles. The van der Waals surface area contributed by atoms with Crippen molar-refractivity contribution in [1.82, 2.24) is 9.97 Å². The second kappa shape index (κ2) is 6.91. The first-order chi connectivity index (χ1) is 9.67. The van der Waals surface area contributed by atoms with Crippen LogP contribution in [0, 0.1) is 6.92 Å². The highest BCUT2D eigenvalue weighted by Gasteiger charge is 2.22. The van der Waals surface area contributed by atoms with Gasteiger partial charge in [-0.2, -0.15) is 0 Å². The van der Waals surface area contributed by atoms with Crippen LogP contribution in [0.5, 0.6) is 0 Å². The van der Waals surface area contributed by atoms with E-state index in [4.69, 9.17) is 4.98 Å². The molecular formula is C16H28N4. The number of nitrogens with zero attached hydrogens (tertiary/aromatic N) is 3. The molecule has 2 rings (SSSR count). The summed E-state index contributed by atoms with van der Waals surface area (Å²) in [4.78, 5) is 11.9. The van der Waals surface area contributed by atoms with Gasteiger partial charge in [0.05, 0.1) is 0 Å². The monoisotopic (exact) mass is 276 g/mol. The van der Waals surface area contributed by atoms with Gasteiger partial charge in [-0.1, -0.05) is 19.8 Å². The van der Waals surface area contributed by atoms with E-state index in [2.05, 4.69) is 42.9 Å². The Labute approximate surface area is 123 Å². The lowest BCUT2D eigenvalue weighted by Crippen LogP contribution is -2.34. The van der Waals surface area contributed by atoms with E-state index in [0.717, 1.165) is 37.0 Å². The lowest BCUT2D eigenvalue weighted by molar-refractivity contribution is 0.608. The fourth-order valence-electron chi connectivity index (χ4n) is 2.92. The highest BCUT2D eigenvalue weighted by atomic mass is 15.2. The maximum atomic E-state index is 4.82. The number of nitrogens with one attached hydrogen (secondary N) is 1. The predicted octanol–water partition coefficient (Wildman–Crippen LogP) is 3.55. The molecule has 1 aromatic rings. The summed E-state index contributed by atoms with van der Waals surface area (Å²) in [6, 6.07) is 0.574. The van der Waals surface area contributed by atoms with Crippen LogP contribution < -0.4 is 10.2 Å². The third-order valence-corrected chi connectivity index (χ3v) is 4.15. The zero-order valence-corrected chi connectivity index (χ0v) is 13.4. The molecular weight excluding hydrogens is 248 g/mol. The van der Waals surface area contributed by atoms with E-state index >= 15 is 0 Å². The van der Waals surface area contributed by atoms with Crippen molar-refractivity contribution in [1.29, 1.82) is 0 Å². The minimum Gasteiger partial charge on any atom is -0.370 e. The molecule has 20 heavy (non-hydrogen) atoms. The summed E-state index contributed by atoms with van der Waals surface area (Å²) in [6.07, 6.45) is 6.09. The number of aromatic nitrogens is 2. The van der Waals surface area contributed by atoms with Crippen molar-refractivity contribution in [3.8, 4) is 0 Å². The van der Waals surface area contributed by atoms with Gasteiger partial charge in [0.25, 0.3) is 0 Å². The highest BCUT2D eigenvalue weighted by Crippen LogP contribution is 2.28. The Bertz CT molecular complexity index is 444. The Morgan fingerprint density at radius 3 is 2.70 bits per heavy atom. The van der Waals surface area contributed by atoms with E-state index in [1.54, 1.807) is 0 Å². The molecule has 4 nitrogen and oxygen atoms in total. The van der Waals surface area contributed by atoms with Crippen molar-refractivity contribution >= 4 is 11.6 Å². The van der Waals surface area contributed by atoms with Crippen LogP contribution in [0.3, 0.4) is 0 Å². The summed E-state index contributed by atoms with van der Waals surface area (Å²) in [5, 5.41) is 3.38. The second-order valence-corrected chi connectivity index (χ2v) is 5.71. The van der Waals surface area contributed by atoms with Crippen LogP contribution in [0.25, 0.3) is 0 Å². The maximum absolute atomic E-state index is 4.82. The highest BCUT2D eigenvalue weighted by molar-refractivity contribution is 5.59. The smallest absolute Gasteiger partial charge is 0.137 e. The van der Waals surface area contributed by atoms with Gasteiger partial charge in [0, 0.05) is 31.1 Å². The van der Waals surface area contributed by atoms with E-state index in [0.29, 0.717) is 6.04 Å². The molecule has 0 radical (unpaired) electrons. The summed E-state index contributed by atoms with van der Waals surface area (Å²) in [7, 11) is 0. The average Bonchev–Trinajstić information content (AvgIpc) is 2.66. The van der Waals surface area contributed by atoms with Crippen molar-refractivity contribution in [2.45, 2.75) is 65.8 Å². The largest absolute Gasteiger partial charge is 0.370 e. The normalized spacial score (nSPS) is 19.8. The number of anilines is 2. The van der Waals surface area contributed by atoms with Crippen LogP contribution in [0.2, 0.25) is 0 Å². The van der Waals surface area contributed by atoms with Crippen molar-refractivity contribution in [3.05, 3.63) is 11.4 Å². The molecule has 1 aromatic heterocycles. The van der Waals surface area contributed by atoms with Gasteiger partial charge in [0.2, 0.25) is 0 Å². The van der Waals surface area contributed by atoms with Gasteiger partial charge in [0.15, 0.2) is 0 Å². The van der Waals surface area contributed by atoms with Gasteiger partial charge < -0.3 is 10.2 Å². The van der Waals surface area contributed by atoms with Gasteiger partial charge >= 0.3 is 0 Å². The van der Waals surface area contributed by atoms with E-state index < -0.39 is 0 Å². The Morgan fingerprint density at radius 1 is 1.20 bits per heavy atom. The quantitative estimate of drug-likeness (QED) is 0.913. The first-order valence-electron chi connectivity index (χ1n) is 8.05. The summed E-state index contributed by atoms with van der Waals surface area (Å²) in [5.74, 6) is 3.09. The SMILES string of the molecule is CCNc1nc(CC)nc(N2CCCCCC2C)c1C. The molecule has 0 aliphatic carbocycles. The molecule has 1 fully saturated rings. The molecule has 4 heteroatoms. The maximum Gasteiger partial charge on any atom is 0.137 e. The predicted molar refractivity (Wildman–Crippen MR) is 85.6 cm³/mol. The fraction of sp³-hybridized carbons (Fsp3) is 0.750. The van der Waals surface area contributed by atoms with Crippen molar-refractivity contribution in [3.63, 3.8) is 0 Å². The lowest BCUT2D eigenvalue weighted by Gasteiger charge is -2.30. The molecule has 112 valence electrons. The Balaban J connectivity index is 2.39. The van der Waals surface area contributed by atoms with Crippen LogP contribution in [0.1, 0.15) is 57.8 Å². The van der Waals surface area contributed by atoms with E-state index in [1.807, 2.05) is 0 Å². The fourth-order valence-corrected chi connectivity index (χ4v) is 2.92. The van der Waals surface area contributed by atoms with E-state index in [9.17, 15) is 0 Å². The average molecular weight is 276 g/mol. The zero-order valence-electron chi connectivity index (χ0n) is 13.4. The standard InChI is InChI=1S/C16H28N4/c1-5-14-18-15(17-6-2)13(4)16(19-14)20-11-9-7-8-10-12(20)3/h12H,5-11H2,1-4H3,(H,17,18,19). The Morgan fingerprint density at radius 2 is 2.00 bits per heavy atom. The third-order valence-electron chi connectivity index (χ3n) is 4.15. The second-order valence-electron chi connectivity index (χ2n) is 5.71. The molecule has 1 saturated heterocycles. The molecule has 0 saturated carbocycles. The van der Waals surface area contributed by atoms with Crippen LogP contribution in [0.15, 0.2) is 0 Å². The third kappa shape index (κ3) is 3.22. The number of rotatable bonds is 4. The van der Waals surface area contributed by atoms with Gasteiger partial charge in [-0.25, -0.2) is 9.97 Å². The number of hydrogen-bond acceptors (Lipinski definition) is 4. The van der Waals surface area contributed by atoms with Gasteiger partial charge in [-0.05, 0) is 33.6 Å². The topological polar surface area (TPSA) is 41.1 Å². The zero-order chi connectivity index (χ0) is 14.5. The summed E-state index contributed by atoms with van der Waals surface area (Å²) in [6.45, 7) is 10.7. The lowest BCUT2D eigenvalue weighted by atomic mass is 10.1. The minimum absolute atomic E-state index is 0.574. The molecule has 0 aromatic carbocycles. The Kier molecular flexibility index (Phi) is 5.21. The van der Waals surface area contributed by atoms with E-state index in [-0.39, 0.29) is 0 Å². The summed E-state index contributed by atoms with van der Waals surface area (Å²) in [5.41, 5.74) is 1.19. The molecule has 1 aliphatic rings. The first-order valence-corrected chi connectivity index (χ1v) is 8.05. The van der Waals surface area contributed by atoms with Gasteiger partial charge in [-0.3, -0.25) is 0 Å². The molecule has 1 atom stereocenters. The van der Waals surface area contributed by atoms with Crippen LogP contribution in [0.4, 0.5) is 11.6 Å². The van der Waals surface area contributed by atoms with Crippen LogP contribution in [-0.2, 0) is 6.42 Å². The van der Waals surface area contributed by atoms with Crippen LogP contribution in [-0.4, -0.2) is 29.1 Å². The van der Waals surface area contributed by atoms with Crippen LogP contribution >= 0.6 is 0 Å². The molecule has 0 bridgehead atoms. The van der Waals surface area contributed by atoms with E-state index in [1.165, 1.54) is 31.2 Å². The molecule has 1 N–H and O–H groups in total. The van der Waals surface area contributed by atoms with Crippen molar-refractivity contribution < 1.29 is 0 Å². The number of aryl methyl sites for hydroxylation is 1. The Hall–Kier alpha value is -1.32. The molecule has 0 amide bonds. The van der Waals surface area contributed by atoms with Gasteiger partial charge in [-0.15, -0.1) is 0 Å². The van der Waals surface area contributed by atoms with Gasteiger partial charge in [0.1, 0.15) is 17.5 Å². The number of hydrogen-bond donors (Lipinski definition) is 1. The molecule has 1 unspecified atom stereocenters. The summed E-state index contributed by atoms with van der Waals surface area (Å²) < 4.78 is 0. The summed E-state index contributed by atoms with van der Waals surface area (Å²) >= 11 is 0. The molecule has 0 spiro atoms. The minimum atomic E-state index is 0.574. The molecule has 1 aliphatic heterocycles. The van der Waals surface area contributed by atoms with Crippen molar-refractivity contribution in [2.24, 2.45) is 0 Å².